The molecule has 4 unspecified atom stereocenters. The van der Waals surface area contributed by atoms with Gasteiger partial charge in [0.1, 0.15) is 0 Å². The summed E-state index contributed by atoms with van der Waals surface area (Å²) in [6.45, 7) is 29.3. The number of carbonyl (C=O) groups is 3. The van der Waals surface area contributed by atoms with Gasteiger partial charge in [0.25, 0.3) is 0 Å². The van der Waals surface area contributed by atoms with E-state index in [1.54, 1.807) is 0 Å². The van der Waals surface area contributed by atoms with Crippen LogP contribution in [-0.4, -0.2) is 196 Å². The molecule has 4 fully saturated rings. The van der Waals surface area contributed by atoms with Gasteiger partial charge < -0.3 is 30.2 Å². The van der Waals surface area contributed by atoms with Crippen LogP contribution in [0.1, 0.15) is 271 Å². The number of carbonyl (C=O) groups excluding carboxylic acids is 3. The molecule has 4 atom stereocenters. The van der Waals surface area contributed by atoms with Crippen molar-refractivity contribution in [3.63, 3.8) is 0 Å². The Kier molecular flexibility index (Phi) is 46.2. The molecule has 4 heterocycles. The maximum Gasteiger partial charge on any atom is 0.222 e. The van der Waals surface area contributed by atoms with Gasteiger partial charge in [-0.2, -0.15) is 0 Å². The summed E-state index contributed by atoms with van der Waals surface area (Å²) in [6.07, 6.45) is 67.3. The summed E-state index contributed by atoms with van der Waals surface area (Å²) in [5, 5.41) is 7.15. The van der Waals surface area contributed by atoms with E-state index in [1.165, 1.54) is 225 Å². The van der Waals surface area contributed by atoms with Crippen molar-refractivity contribution in [2.75, 3.05) is 144 Å². The van der Waals surface area contributed by atoms with E-state index in [4.69, 9.17) is 0 Å². The molecule has 0 aromatic heterocycles. The molecule has 0 aromatic carbocycles. The van der Waals surface area contributed by atoms with Crippen LogP contribution in [0.5, 0.6) is 0 Å². The van der Waals surface area contributed by atoms with Crippen molar-refractivity contribution >= 4 is 17.7 Å². The van der Waals surface area contributed by atoms with Crippen molar-refractivity contribution in [3.05, 3.63) is 48.6 Å². The molecule has 5 aliphatic rings. The van der Waals surface area contributed by atoms with Gasteiger partial charge in [0.15, 0.2) is 0 Å². The van der Waals surface area contributed by atoms with E-state index in [1.807, 2.05) is 0 Å². The molecule has 1 aliphatic carbocycles. The van der Waals surface area contributed by atoms with Gasteiger partial charge in [-0.15, -0.1) is 0 Å². The molecule has 0 saturated carbocycles. The predicted octanol–water partition coefficient (Wildman–Crippen LogP) is 15.9. The Morgan fingerprint density at radius 2 is 0.736 bits per heavy atom. The smallest absolute Gasteiger partial charge is 0.222 e. The maximum atomic E-state index is 13.4. The van der Waals surface area contributed by atoms with Crippen molar-refractivity contribution in [2.45, 2.75) is 271 Å². The van der Waals surface area contributed by atoms with Crippen LogP contribution < -0.4 is 10.6 Å². The van der Waals surface area contributed by atoms with E-state index < -0.39 is 0 Å². The molecule has 12 nitrogen and oxygen atoms in total. The number of rotatable bonds is 53. The van der Waals surface area contributed by atoms with Crippen LogP contribution in [0.4, 0.5) is 0 Å². The Labute approximate surface area is 561 Å². The van der Waals surface area contributed by atoms with Gasteiger partial charge in [0, 0.05) is 150 Å². The molecule has 524 valence electrons. The normalized spacial score (nSPS) is 21.0. The fraction of sp³-hybridized carbons (Fsp3) is 0.861. The van der Waals surface area contributed by atoms with Gasteiger partial charge in [-0.25, -0.2) is 0 Å². The van der Waals surface area contributed by atoms with E-state index in [-0.39, 0.29) is 0 Å². The Balaban J connectivity index is 0.889. The molecular weight excluding hydrogens is 1120 g/mol. The fourth-order valence-electron chi connectivity index (χ4n) is 15.2. The number of hydrogen-bond donors (Lipinski definition) is 2. The number of unbranched alkanes of at least 4 members (excludes halogenated alkanes) is 25. The Morgan fingerprint density at radius 1 is 0.374 bits per heavy atom. The van der Waals surface area contributed by atoms with Gasteiger partial charge >= 0.3 is 0 Å². The number of allylic oxidation sites excluding steroid dienone is 8. The Bertz CT molecular complexity index is 1900. The van der Waals surface area contributed by atoms with Crippen molar-refractivity contribution in [1.82, 2.24) is 44.9 Å². The molecule has 4 aliphatic heterocycles. The first-order valence-corrected chi connectivity index (χ1v) is 39.7. The number of nitrogens with one attached hydrogen (secondary N) is 2. The van der Waals surface area contributed by atoms with Crippen LogP contribution in [0, 0.1) is 23.7 Å². The van der Waals surface area contributed by atoms with E-state index in [2.05, 4.69) is 114 Å². The first-order chi connectivity index (χ1) is 44.9. The van der Waals surface area contributed by atoms with Crippen LogP contribution in [-0.2, 0) is 14.4 Å². The van der Waals surface area contributed by atoms with Crippen molar-refractivity contribution in [2.24, 2.45) is 23.7 Å². The molecule has 4 saturated heterocycles. The monoisotopic (exact) mass is 1270 g/mol. The van der Waals surface area contributed by atoms with Crippen LogP contribution in [0.15, 0.2) is 48.6 Å². The zero-order valence-corrected chi connectivity index (χ0v) is 59.9. The highest BCUT2D eigenvalue weighted by Crippen LogP contribution is 2.43. The largest absolute Gasteiger partial charge is 0.340 e. The lowest BCUT2D eigenvalue weighted by atomic mass is 9.66. The third-order valence-corrected chi connectivity index (χ3v) is 21.4. The van der Waals surface area contributed by atoms with Gasteiger partial charge in [-0.05, 0) is 133 Å². The summed E-state index contributed by atoms with van der Waals surface area (Å²) < 4.78 is 0. The van der Waals surface area contributed by atoms with Crippen LogP contribution in [0.2, 0.25) is 0 Å². The summed E-state index contributed by atoms with van der Waals surface area (Å²) in [6, 6.07) is 0. The third kappa shape index (κ3) is 36.7. The van der Waals surface area contributed by atoms with E-state index >= 15 is 0 Å². The molecule has 0 radical (unpaired) electrons. The van der Waals surface area contributed by atoms with Crippen molar-refractivity contribution in [3.8, 4) is 0 Å². The highest BCUT2D eigenvalue weighted by molar-refractivity contribution is 5.77. The van der Waals surface area contributed by atoms with Gasteiger partial charge in [0.05, 0.1) is 0 Å². The molecule has 0 aromatic rings. The molecule has 3 amide bonds. The van der Waals surface area contributed by atoms with Gasteiger partial charge in [0.2, 0.25) is 17.7 Å². The molecule has 0 bridgehead atoms. The predicted molar refractivity (Wildman–Crippen MR) is 389 cm³/mol. The number of amides is 3. The van der Waals surface area contributed by atoms with Crippen LogP contribution in [0.25, 0.3) is 0 Å². The highest BCUT2D eigenvalue weighted by atomic mass is 16.2. The third-order valence-electron chi connectivity index (χ3n) is 21.4. The van der Waals surface area contributed by atoms with E-state index in [0.717, 1.165) is 162 Å². The lowest BCUT2D eigenvalue weighted by Gasteiger charge is -2.39. The number of piperazine rings is 4. The summed E-state index contributed by atoms with van der Waals surface area (Å²) in [4.78, 5) is 56.2. The standard InChI is InChI=1S/C79H145N9O3/c1-4-7-10-13-15-16-17-18-19-20-21-22-23-29-37-46-78(90)87-69-63-84(64-70-87)59-53-81-54-60-85-65-71-88(72-66-85)79(91)48-39-31-25-28-36-45-76-74(50-49-73(42-33-12-9-6-3)75(76)44-35-27-14-11-8-5-2)43-34-26-24-30-38-47-77(89)86-67-61-83(62-68-86)56-41-32-40-55-82-57-51-80-52-58-82/h15-16,18-19,35,44,49-50,73-76,80-81H,4-14,17,20-34,36-43,45-48,51-72H2,1-3H3/b16-15-,19-18-,44-35+. The van der Waals surface area contributed by atoms with Crippen LogP contribution >= 0.6 is 0 Å². The zero-order valence-electron chi connectivity index (χ0n) is 59.9. The minimum absolute atomic E-state index is 0.354. The Hall–Kier alpha value is -2.87. The molecule has 0 spiro atoms. The molecule has 12 heteroatoms. The zero-order chi connectivity index (χ0) is 64.3. The number of hydrogen-bond acceptors (Lipinski definition) is 9. The van der Waals surface area contributed by atoms with E-state index in [0.29, 0.717) is 48.3 Å². The highest BCUT2D eigenvalue weighted by Gasteiger charge is 2.34. The molecule has 2 N–H and O–H groups in total. The van der Waals surface area contributed by atoms with Gasteiger partial charge in [-0.3, -0.25) is 29.1 Å². The first-order valence-electron chi connectivity index (χ1n) is 39.7. The van der Waals surface area contributed by atoms with Crippen molar-refractivity contribution < 1.29 is 14.4 Å². The quantitative estimate of drug-likeness (QED) is 0.0456. The second-order valence-electron chi connectivity index (χ2n) is 28.7. The SMILES string of the molecule is CCCCC/C=C\C/C=C\CCCCCCCC(=O)N1CCN(CCNCCN2CCN(C(=O)CCCCCCCC3C(CCCCCCCC(=O)N4CCN(CCCCCN5CCNCC5)CC4)C=CC(CCCCCC)C3/C=C/CCCCCC)CC2)CC1. The van der Waals surface area contributed by atoms with E-state index in [9.17, 15) is 14.4 Å². The average molecular weight is 1270 g/mol. The van der Waals surface area contributed by atoms with Crippen LogP contribution in [0.3, 0.4) is 0 Å². The fourth-order valence-corrected chi connectivity index (χ4v) is 15.2. The minimum atomic E-state index is 0.354. The summed E-state index contributed by atoms with van der Waals surface area (Å²) in [5.74, 6) is 3.83. The second kappa shape index (κ2) is 53.3. The molecular formula is C79H145N9O3. The maximum absolute atomic E-state index is 13.4. The second-order valence-corrected chi connectivity index (χ2v) is 28.7. The Morgan fingerprint density at radius 3 is 1.24 bits per heavy atom. The summed E-state index contributed by atoms with van der Waals surface area (Å²) in [5.41, 5.74) is 0. The average Bonchev–Trinajstić information content (AvgIpc) is 3.69. The minimum Gasteiger partial charge on any atom is -0.340 e. The van der Waals surface area contributed by atoms with Gasteiger partial charge in [-0.1, -0.05) is 204 Å². The summed E-state index contributed by atoms with van der Waals surface area (Å²) >= 11 is 0. The molecule has 91 heavy (non-hydrogen) atoms. The molecule has 5 rings (SSSR count). The topological polar surface area (TPSA) is 98.0 Å². The first kappa shape index (κ1) is 78.8. The lowest BCUT2D eigenvalue weighted by Crippen LogP contribution is -2.51. The number of nitrogens with zero attached hydrogens (tertiary/aromatic N) is 7. The summed E-state index contributed by atoms with van der Waals surface area (Å²) in [7, 11) is 0. The van der Waals surface area contributed by atoms with Crippen molar-refractivity contribution in [1.29, 1.82) is 0 Å². The lowest BCUT2D eigenvalue weighted by molar-refractivity contribution is -0.133.